The molecular weight excluding hydrogens is 366 g/mol. The molecule has 0 aliphatic carbocycles. The van der Waals surface area contributed by atoms with Crippen LogP contribution in [0.15, 0.2) is 54.2 Å². The Hall–Kier alpha value is -2.78. The second-order valence-electron chi connectivity index (χ2n) is 6.00. The lowest BCUT2D eigenvalue weighted by molar-refractivity contribution is -0.130. The highest BCUT2D eigenvalue weighted by atomic mass is 32.2. The Balaban J connectivity index is 1.47. The third-order valence-corrected chi connectivity index (χ3v) is 5.17. The molecule has 8 nitrogen and oxygen atoms in total. The number of carbonyl (C=O) groups is 1. The predicted molar refractivity (Wildman–Crippen MR) is 103 cm³/mol. The number of benzene rings is 1. The van der Waals surface area contributed by atoms with Crippen LogP contribution in [-0.2, 0) is 14.8 Å². The number of amides is 1. The smallest absolute Gasteiger partial charge is 0.237 e. The van der Waals surface area contributed by atoms with Crippen LogP contribution in [0.4, 0.5) is 5.95 Å². The van der Waals surface area contributed by atoms with E-state index in [0.717, 1.165) is 11.0 Å². The topological polar surface area (TPSA) is 95.5 Å². The first-order chi connectivity index (χ1) is 13.0. The van der Waals surface area contributed by atoms with Gasteiger partial charge in [0, 0.05) is 44.0 Å². The molecule has 0 atom stereocenters. The van der Waals surface area contributed by atoms with Crippen LogP contribution in [-0.4, -0.2) is 61.9 Å². The summed E-state index contributed by atoms with van der Waals surface area (Å²) in [6, 6.07) is 10.8. The zero-order chi connectivity index (χ0) is 19.1. The van der Waals surface area contributed by atoms with E-state index in [1.165, 1.54) is 6.08 Å². The van der Waals surface area contributed by atoms with Crippen LogP contribution < -0.4 is 9.62 Å². The Morgan fingerprint density at radius 1 is 1.04 bits per heavy atom. The Bertz CT molecular complexity index is 880. The first-order valence-corrected chi connectivity index (χ1v) is 10.1. The van der Waals surface area contributed by atoms with E-state index in [1.807, 2.05) is 23.1 Å². The van der Waals surface area contributed by atoms with E-state index >= 15 is 0 Å². The lowest BCUT2D eigenvalue weighted by Gasteiger charge is -2.34. The largest absolute Gasteiger partial charge is 0.338 e. The number of hydrogen-bond acceptors (Lipinski definition) is 6. The van der Waals surface area contributed by atoms with Gasteiger partial charge in [-0.05, 0) is 17.7 Å². The average Bonchev–Trinajstić information content (AvgIpc) is 2.72. The van der Waals surface area contributed by atoms with Gasteiger partial charge in [-0.2, -0.15) is 0 Å². The van der Waals surface area contributed by atoms with Gasteiger partial charge in [0.25, 0.3) is 0 Å². The molecular formula is C18H21N5O3S. The Kier molecular flexibility index (Phi) is 6.15. The normalized spacial score (nSPS) is 15.3. The van der Waals surface area contributed by atoms with Crippen molar-refractivity contribution in [2.75, 3.05) is 37.6 Å². The quantitative estimate of drug-likeness (QED) is 0.785. The van der Waals surface area contributed by atoms with Gasteiger partial charge in [-0.1, -0.05) is 30.3 Å². The molecule has 2 heterocycles. The second kappa shape index (κ2) is 8.74. The van der Waals surface area contributed by atoms with Crippen LogP contribution in [0, 0.1) is 0 Å². The van der Waals surface area contributed by atoms with E-state index in [2.05, 4.69) is 14.7 Å². The van der Waals surface area contributed by atoms with Crippen LogP contribution in [0.25, 0.3) is 6.08 Å². The van der Waals surface area contributed by atoms with Crippen molar-refractivity contribution >= 4 is 28.0 Å². The standard InChI is InChI=1S/C18H21N5O3S/c24-17(15-21-27(25,26)14-7-16-5-2-1-3-6-16)22-10-12-23(13-11-22)18-19-8-4-9-20-18/h1-9,14,21H,10-13,15H2. The summed E-state index contributed by atoms with van der Waals surface area (Å²) < 4.78 is 26.4. The molecule has 142 valence electrons. The molecule has 1 N–H and O–H groups in total. The van der Waals surface area contributed by atoms with Crippen LogP contribution in [0.1, 0.15) is 5.56 Å². The first-order valence-electron chi connectivity index (χ1n) is 8.56. The highest BCUT2D eigenvalue weighted by molar-refractivity contribution is 7.92. The molecule has 1 aliphatic heterocycles. The molecule has 2 aromatic rings. The SMILES string of the molecule is O=C(CNS(=O)(=O)C=Cc1ccccc1)N1CCN(c2ncccn2)CC1. The Morgan fingerprint density at radius 2 is 1.70 bits per heavy atom. The van der Waals surface area contributed by atoms with E-state index in [4.69, 9.17) is 0 Å². The minimum atomic E-state index is -3.68. The van der Waals surface area contributed by atoms with Gasteiger partial charge in [0.2, 0.25) is 21.9 Å². The Morgan fingerprint density at radius 3 is 2.37 bits per heavy atom. The second-order valence-corrected chi connectivity index (χ2v) is 7.65. The highest BCUT2D eigenvalue weighted by Crippen LogP contribution is 2.09. The van der Waals surface area contributed by atoms with E-state index in [9.17, 15) is 13.2 Å². The summed E-state index contributed by atoms with van der Waals surface area (Å²) in [4.78, 5) is 24.3. The molecule has 1 fully saturated rings. The summed E-state index contributed by atoms with van der Waals surface area (Å²) >= 11 is 0. The van der Waals surface area contributed by atoms with Crippen LogP contribution >= 0.6 is 0 Å². The fourth-order valence-corrected chi connectivity index (χ4v) is 3.42. The van der Waals surface area contributed by atoms with E-state index in [1.54, 1.807) is 35.5 Å². The predicted octanol–water partition coefficient (Wildman–Crippen LogP) is 0.715. The minimum absolute atomic E-state index is 0.250. The number of hydrogen-bond donors (Lipinski definition) is 1. The van der Waals surface area contributed by atoms with Gasteiger partial charge < -0.3 is 9.80 Å². The number of aromatic nitrogens is 2. The minimum Gasteiger partial charge on any atom is -0.338 e. The zero-order valence-corrected chi connectivity index (χ0v) is 15.5. The lowest BCUT2D eigenvalue weighted by Crippen LogP contribution is -2.51. The van der Waals surface area contributed by atoms with E-state index in [0.29, 0.717) is 32.1 Å². The van der Waals surface area contributed by atoms with Crippen molar-refractivity contribution < 1.29 is 13.2 Å². The Labute approximate surface area is 158 Å². The van der Waals surface area contributed by atoms with Crippen molar-refractivity contribution in [2.45, 2.75) is 0 Å². The van der Waals surface area contributed by atoms with E-state index < -0.39 is 10.0 Å². The number of carbonyl (C=O) groups excluding carboxylic acids is 1. The molecule has 1 amide bonds. The molecule has 1 saturated heterocycles. The number of nitrogens with zero attached hydrogens (tertiary/aromatic N) is 4. The van der Waals surface area contributed by atoms with Crippen molar-refractivity contribution in [2.24, 2.45) is 0 Å². The fraction of sp³-hybridized carbons (Fsp3) is 0.278. The summed E-state index contributed by atoms with van der Waals surface area (Å²) in [5.74, 6) is 0.386. The number of anilines is 1. The van der Waals surface area contributed by atoms with Gasteiger partial charge in [-0.15, -0.1) is 0 Å². The van der Waals surface area contributed by atoms with Gasteiger partial charge >= 0.3 is 0 Å². The van der Waals surface area contributed by atoms with Crippen molar-refractivity contribution in [3.63, 3.8) is 0 Å². The van der Waals surface area contributed by atoms with Gasteiger partial charge in [0.05, 0.1) is 6.54 Å². The third-order valence-electron chi connectivity index (χ3n) is 4.13. The molecule has 0 radical (unpaired) electrons. The summed E-state index contributed by atoms with van der Waals surface area (Å²) in [5, 5.41) is 1.07. The third kappa shape index (κ3) is 5.60. The maximum absolute atomic E-state index is 12.3. The number of nitrogens with one attached hydrogen (secondary N) is 1. The summed E-state index contributed by atoms with van der Waals surface area (Å²) in [7, 11) is -3.68. The first kappa shape index (κ1) is 19.0. The molecule has 1 aliphatic rings. The van der Waals surface area contributed by atoms with Crippen molar-refractivity contribution in [1.29, 1.82) is 0 Å². The van der Waals surface area contributed by atoms with Crippen molar-refractivity contribution in [1.82, 2.24) is 19.6 Å². The molecule has 9 heteroatoms. The fourth-order valence-electron chi connectivity index (χ4n) is 2.66. The molecule has 0 unspecified atom stereocenters. The lowest BCUT2D eigenvalue weighted by atomic mass is 10.2. The van der Waals surface area contributed by atoms with Crippen LogP contribution in [0.3, 0.4) is 0 Å². The average molecular weight is 387 g/mol. The molecule has 27 heavy (non-hydrogen) atoms. The molecule has 1 aromatic carbocycles. The van der Waals surface area contributed by atoms with Crippen LogP contribution in [0.2, 0.25) is 0 Å². The van der Waals surface area contributed by atoms with Gasteiger partial charge in [0.1, 0.15) is 0 Å². The molecule has 0 saturated carbocycles. The zero-order valence-electron chi connectivity index (χ0n) is 14.7. The maximum Gasteiger partial charge on any atom is 0.237 e. The van der Waals surface area contributed by atoms with Gasteiger partial charge in [0.15, 0.2) is 0 Å². The molecule has 0 spiro atoms. The number of sulfonamides is 1. The van der Waals surface area contributed by atoms with Crippen molar-refractivity contribution in [3.05, 3.63) is 59.8 Å². The molecule has 0 bridgehead atoms. The molecule has 3 rings (SSSR count). The number of rotatable bonds is 6. The van der Waals surface area contributed by atoms with Gasteiger partial charge in [-0.3, -0.25) is 4.79 Å². The summed E-state index contributed by atoms with van der Waals surface area (Å²) in [5.41, 5.74) is 0.772. The molecule has 1 aromatic heterocycles. The maximum atomic E-state index is 12.3. The van der Waals surface area contributed by atoms with E-state index in [-0.39, 0.29) is 12.5 Å². The van der Waals surface area contributed by atoms with Crippen LogP contribution in [0.5, 0.6) is 0 Å². The van der Waals surface area contributed by atoms with Crippen molar-refractivity contribution in [3.8, 4) is 0 Å². The number of piperazine rings is 1. The van der Waals surface area contributed by atoms with Gasteiger partial charge in [-0.25, -0.2) is 23.1 Å². The summed E-state index contributed by atoms with van der Waals surface area (Å²) in [6.07, 6.45) is 4.85. The summed E-state index contributed by atoms with van der Waals surface area (Å²) in [6.45, 7) is 1.95. The highest BCUT2D eigenvalue weighted by Gasteiger charge is 2.23. The monoisotopic (exact) mass is 387 g/mol.